The third-order valence-corrected chi connectivity index (χ3v) is 6.86. The van der Waals surface area contributed by atoms with Crippen molar-refractivity contribution in [3.63, 3.8) is 0 Å². The van der Waals surface area contributed by atoms with E-state index in [9.17, 15) is 29.1 Å². The standard InChI is InChI=1S/C29H42N2O9/c1-5-7-8-9-10-11-14-21-26(40-23(33)13-6-2)19(4)39-29(37)24(18(3)38-28(21)36)31-27(35)20-15-12-16-22(25(20)34)30-17-32/h12,15-19,21,24,26,34H,5-11,13-14H2,1-4H3,(H,30,32)(H,31,35)/t18-,19?,21-,24+,26+/m0/s1. The Hall–Kier alpha value is -3.63. The van der Waals surface area contributed by atoms with Crippen LogP contribution >= 0.6 is 0 Å². The summed E-state index contributed by atoms with van der Waals surface area (Å²) >= 11 is 0. The van der Waals surface area contributed by atoms with Crippen LogP contribution in [-0.2, 0) is 33.4 Å². The molecule has 1 aliphatic heterocycles. The Morgan fingerprint density at radius 3 is 2.33 bits per heavy atom. The molecule has 2 amide bonds. The molecule has 2 rings (SSSR count). The first-order chi connectivity index (χ1) is 19.1. The number of hydrogen-bond acceptors (Lipinski definition) is 9. The van der Waals surface area contributed by atoms with Gasteiger partial charge in [0.1, 0.15) is 12.2 Å². The Kier molecular flexibility index (Phi) is 13.4. The summed E-state index contributed by atoms with van der Waals surface area (Å²) < 4.78 is 16.9. The number of carbonyl (C=O) groups excluding carboxylic acids is 5. The molecule has 0 saturated carbocycles. The number of ether oxygens (including phenoxy) is 3. The quantitative estimate of drug-likeness (QED) is 0.100. The van der Waals surface area contributed by atoms with Gasteiger partial charge in [0, 0.05) is 6.42 Å². The van der Waals surface area contributed by atoms with Crippen LogP contribution in [0.15, 0.2) is 18.2 Å². The van der Waals surface area contributed by atoms with Gasteiger partial charge in [0.05, 0.1) is 17.2 Å². The van der Waals surface area contributed by atoms with Gasteiger partial charge in [-0.1, -0.05) is 58.4 Å². The van der Waals surface area contributed by atoms with Crippen LogP contribution in [-0.4, -0.2) is 59.7 Å². The summed E-state index contributed by atoms with van der Waals surface area (Å²) in [5.74, 6) is -4.25. The van der Waals surface area contributed by atoms with Crippen molar-refractivity contribution in [1.82, 2.24) is 5.32 Å². The van der Waals surface area contributed by atoms with Gasteiger partial charge in [-0.3, -0.25) is 19.2 Å². The van der Waals surface area contributed by atoms with Crippen LogP contribution in [0.3, 0.4) is 0 Å². The molecule has 1 unspecified atom stereocenters. The second kappa shape index (κ2) is 16.5. The SMILES string of the molecule is CCCCCCCC[C@@H]1C(=O)O[C@@H](C)[C@@H](NC(=O)c2cccc(NC=O)c2O)C(=O)OC(C)[C@H]1OC(=O)CCC. The number of unbranched alkanes of at least 4 members (excludes halogenated alkanes) is 5. The Bertz CT molecular complexity index is 1030. The van der Waals surface area contributed by atoms with Crippen molar-refractivity contribution in [3.8, 4) is 5.75 Å². The monoisotopic (exact) mass is 562 g/mol. The van der Waals surface area contributed by atoms with Crippen molar-refractivity contribution in [3.05, 3.63) is 23.8 Å². The van der Waals surface area contributed by atoms with Gasteiger partial charge in [-0.2, -0.15) is 0 Å². The normalized spacial score (nSPS) is 23.1. The number of nitrogens with one attached hydrogen (secondary N) is 2. The molecule has 0 aliphatic carbocycles. The summed E-state index contributed by atoms with van der Waals surface area (Å²) in [6, 6.07) is 2.72. The molecule has 0 aromatic heterocycles. The number of benzene rings is 1. The van der Waals surface area contributed by atoms with E-state index >= 15 is 0 Å². The van der Waals surface area contributed by atoms with Crippen LogP contribution in [0.4, 0.5) is 5.69 Å². The lowest BCUT2D eigenvalue weighted by molar-refractivity contribution is -0.175. The smallest absolute Gasteiger partial charge is 0.332 e. The van der Waals surface area contributed by atoms with Gasteiger partial charge in [0.15, 0.2) is 17.9 Å². The maximum atomic E-state index is 13.4. The zero-order valence-electron chi connectivity index (χ0n) is 23.8. The fourth-order valence-corrected chi connectivity index (χ4v) is 4.64. The first-order valence-corrected chi connectivity index (χ1v) is 14.1. The summed E-state index contributed by atoms with van der Waals surface area (Å²) in [7, 11) is 0. The minimum Gasteiger partial charge on any atom is -0.505 e. The lowest BCUT2D eigenvalue weighted by Crippen LogP contribution is -2.50. The minimum absolute atomic E-state index is 0.00191. The molecule has 222 valence electrons. The predicted molar refractivity (Wildman–Crippen MR) is 146 cm³/mol. The molecule has 5 atom stereocenters. The van der Waals surface area contributed by atoms with Gasteiger partial charge in [-0.15, -0.1) is 0 Å². The third-order valence-electron chi connectivity index (χ3n) is 6.86. The molecule has 1 fully saturated rings. The van der Waals surface area contributed by atoms with Crippen molar-refractivity contribution < 1.29 is 43.3 Å². The van der Waals surface area contributed by atoms with Crippen molar-refractivity contribution in [2.75, 3.05) is 5.32 Å². The molecular formula is C29H42N2O9. The Balaban J connectivity index is 2.28. The molecule has 0 spiro atoms. The molecule has 1 saturated heterocycles. The molecule has 0 radical (unpaired) electrons. The molecule has 1 heterocycles. The summed E-state index contributed by atoms with van der Waals surface area (Å²) in [4.78, 5) is 62.8. The second-order valence-corrected chi connectivity index (χ2v) is 10.1. The topological polar surface area (TPSA) is 157 Å². The van der Waals surface area contributed by atoms with Crippen molar-refractivity contribution >= 4 is 35.9 Å². The van der Waals surface area contributed by atoms with Gasteiger partial charge < -0.3 is 30.0 Å². The number of carbonyl (C=O) groups is 5. The Labute approximate surface area is 235 Å². The van der Waals surface area contributed by atoms with Crippen molar-refractivity contribution in [2.24, 2.45) is 5.92 Å². The summed E-state index contributed by atoms with van der Waals surface area (Å²) in [6.45, 7) is 6.95. The summed E-state index contributed by atoms with van der Waals surface area (Å²) in [6.07, 6.45) is 4.19. The van der Waals surface area contributed by atoms with Crippen molar-refractivity contribution in [2.45, 2.75) is 110 Å². The third kappa shape index (κ3) is 9.24. The number of cyclic esters (lactones) is 2. The largest absolute Gasteiger partial charge is 0.505 e. The van der Waals surface area contributed by atoms with E-state index in [1.165, 1.54) is 25.1 Å². The fourth-order valence-electron chi connectivity index (χ4n) is 4.64. The molecule has 0 bridgehead atoms. The highest BCUT2D eigenvalue weighted by atomic mass is 16.6. The summed E-state index contributed by atoms with van der Waals surface area (Å²) in [5.41, 5.74) is -0.208. The maximum Gasteiger partial charge on any atom is 0.332 e. The van der Waals surface area contributed by atoms with Gasteiger partial charge in [-0.25, -0.2) is 4.79 Å². The van der Waals surface area contributed by atoms with Crippen LogP contribution in [0.25, 0.3) is 0 Å². The van der Waals surface area contributed by atoms with Crippen LogP contribution in [0.2, 0.25) is 0 Å². The predicted octanol–water partition coefficient (Wildman–Crippen LogP) is 4.01. The Morgan fingerprint density at radius 1 is 0.975 bits per heavy atom. The number of rotatable bonds is 14. The van der Waals surface area contributed by atoms with Crippen LogP contribution in [0, 0.1) is 5.92 Å². The minimum atomic E-state index is -1.42. The van der Waals surface area contributed by atoms with E-state index in [0.717, 1.165) is 32.1 Å². The van der Waals surface area contributed by atoms with Crippen LogP contribution < -0.4 is 10.6 Å². The lowest BCUT2D eigenvalue weighted by Gasteiger charge is -2.29. The molecule has 1 aromatic carbocycles. The first-order valence-electron chi connectivity index (χ1n) is 14.1. The number of anilines is 1. The number of aromatic hydroxyl groups is 1. The van der Waals surface area contributed by atoms with Crippen LogP contribution in [0.5, 0.6) is 5.75 Å². The van der Waals surface area contributed by atoms with E-state index < -0.39 is 59.8 Å². The molecule has 1 aliphatic rings. The van der Waals surface area contributed by atoms with E-state index in [4.69, 9.17) is 14.2 Å². The van der Waals surface area contributed by atoms with E-state index in [-0.39, 0.29) is 17.7 Å². The highest BCUT2D eigenvalue weighted by Gasteiger charge is 2.43. The van der Waals surface area contributed by atoms with Gasteiger partial charge in [0.25, 0.3) is 5.91 Å². The highest BCUT2D eigenvalue weighted by molar-refractivity contribution is 6.01. The van der Waals surface area contributed by atoms with E-state index in [1.54, 1.807) is 6.92 Å². The molecule has 11 heteroatoms. The number of esters is 3. The average Bonchev–Trinajstić information content (AvgIpc) is 2.93. The van der Waals surface area contributed by atoms with Crippen molar-refractivity contribution in [1.29, 1.82) is 0 Å². The van der Waals surface area contributed by atoms with Crippen LogP contribution in [0.1, 0.15) is 95.8 Å². The number of hydrogen-bond donors (Lipinski definition) is 3. The summed E-state index contributed by atoms with van der Waals surface area (Å²) in [5, 5.41) is 15.1. The van der Waals surface area contributed by atoms with E-state index in [1.807, 2.05) is 6.92 Å². The number of para-hydroxylation sites is 1. The van der Waals surface area contributed by atoms with Gasteiger partial charge >= 0.3 is 17.9 Å². The second-order valence-electron chi connectivity index (χ2n) is 10.1. The zero-order chi connectivity index (χ0) is 29.7. The number of amides is 2. The Morgan fingerprint density at radius 2 is 1.65 bits per heavy atom. The number of phenolic OH excluding ortho intramolecular Hbond substituents is 1. The zero-order valence-corrected chi connectivity index (χ0v) is 23.8. The molecule has 1 aromatic rings. The molecule has 3 N–H and O–H groups in total. The van der Waals surface area contributed by atoms with E-state index in [2.05, 4.69) is 17.6 Å². The highest BCUT2D eigenvalue weighted by Crippen LogP contribution is 2.29. The fraction of sp³-hybridized carbons (Fsp3) is 0.621. The maximum absolute atomic E-state index is 13.4. The average molecular weight is 563 g/mol. The number of phenols is 1. The first kappa shape index (κ1) is 32.6. The molecule has 11 nitrogen and oxygen atoms in total. The molecule has 40 heavy (non-hydrogen) atoms. The molecular weight excluding hydrogens is 520 g/mol. The lowest BCUT2D eigenvalue weighted by atomic mass is 9.91. The van der Waals surface area contributed by atoms with E-state index in [0.29, 0.717) is 25.7 Å². The van der Waals surface area contributed by atoms with Gasteiger partial charge in [0.2, 0.25) is 6.41 Å². The van der Waals surface area contributed by atoms with Gasteiger partial charge in [-0.05, 0) is 38.8 Å².